The molecule has 1 N–H and O–H groups in total. The van der Waals surface area contributed by atoms with Gasteiger partial charge in [-0.15, -0.1) is 0 Å². The molecular weight excluding hydrogens is 312 g/mol. The maximum Gasteiger partial charge on any atom is 0.378 e. The van der Waals surface area contributed by atoms with Gasteiger partial charge in [-0.1, -0.05) is 43.0 Å². The molecule has 6 nitrogen and oxygen atoms in total. The number of carboxylic acids is 1. The van der Waals surface area contributed by atoms with Crippen molar-refractivity contribution in [3.63, 3.8) is 0 Å². The molecule has 0 fully saturated rings. The Hall–Kier alpha value is -3.54. The van der Waals surface area contributed by atoms with E-state index >= 15 is 0 Å². The SMILES string of the molecule is C=C(Oc1ccccc1)C(=O)O.C=CC(=O)OOc1ccccc1. The van der Waals surface area contributed by atoms with Crippen LogP contribution in [0.2, 0.25) is 0 Å². The summed E-state index contributed by atoms with van der Waals surface area (Å²) in [4.78, 5) is 29.8. The van der Waals surface area contributed by atoms with Crippen LogP contribution in [0.25, 0.3) is 0 Å². The Morgan fingerprint density at radius 2 is 1.42 bits per heavy atom. The van der Waals surface area contributed by atoms with Gasteiger partial charge in [-0.05, 0) is 30.8 Å². The average molecular weight is 328 g/mol. The third kappa shape index (κ3) is 7.46. The Bertz CT molecular complexity index is 677. The molecule has 0 bridgehead atoms. The van der Waals surface area contributed by atoms with E-state index in [2.05, 4.69) is 22.9 Å². The van der Waals surface area contributed by atoms with Crippen LogP contribution in [0, 0.1) is 0 Å². The first-order valence-electron chi connectivity index (χ1n) is 6.74. The summed E-state index contributed by atoms with van der Waals surface area (Å²) in [6.07, 6.45) is 1.03. The summed E-state index contributed by atoms with van der Waals surface area (Å²) < 4.78 is 4.88. The molecule has 2 aromatic rings. The van der Waals surface area contributed by atoms with Crippen molar-refractivity contribution in [3.05, 3.63) is 85.7 Å². The van der Waals surface area contributed by atoms with Crippen molar-refractivity contribution in [1.82, 2.24) is 0 Å². The lowest BCUT2D eigenvalue weighted by atomic mass is 10.3. The topological polar surface area (TPSA) is 82.1 Å². The van der Waals surface area contributed by atoms with E-state index in [4.69, 9.17) is 9.84 Å². The van der Waals surface area contributed by atoms with E-state index in [1.807, 2.05) is 12.1 Å². The summed E-state index contributed by atoms with van der Waals surface area (Å²) >= 11 is 0. The molecule has 0 amide bonds. The summed E-state index contributed by atoms with van der Waals surface area (Å²) in [6.45, 7) is 6.45. The van der Waals surface area contributed by atoms with Crippen LogP contribution >= 0.6 is 0 Å². The first-order chi connectivity index (χ1) is 11.5. The molecule has 0 atom stereocenters. The van der Waals surface area contributed by atoms with Gasteiger partial charge in [0, 0.05) is 6.08 Å². The molecule has 0 aliphatic rings. The van der Waals surface area contributed by atoms with Crippen LogP contribution in [0.5, 0.6) is 11.5 Å². The molecule has 2 aromatic carbocycles. The number of carboxylic acid groups (broad SMARTS) is 1. The minimum atomic E-state index is -1.15. The molecule has 0 aliphatic carbocycles. The number of carbonyl (C=O) groups is 2. The van der Waals surface area contributed by atoms with E-state index in [1.165, 1.54) is 0 Å². The molecule has 2 rings (SSSR count). The van der Waals surface area contributed by atoms with Crippen LogP contribution in [-0.2, 0) is 14.5 Å². The number of ether oxygens (including phenoxy) is 1. The summed E-state index contributed by atoms with van der Waals surface area (Å²) in [6, 6.07) is 17.4. The van der Waals surface area contributed by atoms with Crippen molar-refractivity contribution in [2.45, 2.75) is 0 Å². The molecule has 24 heavy (non-hydrogen) atoms. The minimum absolute atomic E-state index is 0.277. The Morgan fingerprint density at radius 3 is 1.88 bits per heavy atom. The van der Waals surface area contributed by atoms with Crippen molar-refractivity contribution < 1.29 is 29.2 Å². The fourth-order valence-corrected chi connectivity index (χ4v) is 1.27. The van der Waals surface area contributed by atoms with Crippen molar-refractivity contribution >= 4 is 11.9 Å². The maximum absolute atomic E-state index is 10.5. The van der Waals surface area contributed by atoms with Gasteiger partial charge in [-0.3, -0.25) is 4.89 Å². The third-order valence-electron chi connectivity index (χ3n) is 2.35. The molecule has 0 heterocycles. The lowest BCUT2D eigenvalue weighted by Gasteiger charge is -2.02. The van der Waals surface area contributed by atoms with Crippen molar-refractivity contribution in [1.29, 1.82) is 0 Å². The molecule has 0 aromatic heterocycles. The molecular formula is C18H16O6. The van der Waals surface area contributed by atoms with Crippen LogP contribution < -0.4 is 9.62 Å². The van der Waals surface area contributed by atoms with Gasteiger partial charge in [-0.25, -0.2) is 14.5 Å². The van der Waals surface area contributed by atoms with E-state index in [9.17, 15) is 9.59 Å². The van der Waals surface area contributed by atoms with Gasteiger partial charge in [0.25, 0.3) is 0 Å². The lowest BCUT2D eigenvalue weighted by Crippen LogP contribution is -2.05. The highest BCUT2D eigenvalue weighted by atomic mass is 17.2. The van der Waals surface area contributed by atoms with E-state index in [1.54, 1.807) is 48.5 Å². The zero-order valence-electron chi connectivity index (χ0n) is 12.8. The largest absolute Gasteiger partial charge is 0.475 e. The number of benzene rings is 2. The summed E-state index contributed by atoms with van der Waals surface area (Å²) in [7, 11) is 0. The fourth-order valence-electron chi connectivity index (χ4n) is 1.27. The number of para-hydroxylation sites is 2. The second-order valence-electron chi connectivity index (χ2n) is 4.15. The van der Waals surface area contributed by atoms with Gasteiger partial charge in [0.05, 0.1) is 0 Å². The van der Waals surface area contributed by atoms with Crippen LogP contribution in [0.4, 0.5) is 0 Å². The Morgan fingerprint density at radius 1 is 0.917 bits per heavy atom. The summed E-state index contributed by atoms with van der Waals surface area (Å²) in [5, 5.41) is 8.42. The van der Waals surface area contributed by atoms with Gasteiger partial charge in [0.2, 0.25) is 5.76 Å². The number of carbonyl (C=O) groups excluding carboxylic acids is 1. The van der Waals surface area contributed by atoms with Gasteiger partial charge in [0.15, 0.2) is 5.75 Å². The molecule has 124 valence electrons. The minimum Gasteiger partial charge on any atom is -0.475 e. The van der Waals surface area contributed by atoms with Gasteiger partial charge in [-0.2, -0.15) is 0 Å². The normalized spacial score (nSPS) is 8.83. The zero-order valence-corrected chi connectivity index (χ0v) is 12.8. The quantitative estimate of drug-likeness (QED) is 0.379. The Kier molecular flexibility index (Phi) is 7.89. The van der Waals surface area contributed by atoms with E-state index < -0.39 is 11.9 Å². The first kappa shape index (κ1) is 18.5. The summed E-state index contributed by atoms with van der Waals surface area (Å²) in [5.41, 5.74) is 0. The molecule has 0 saturated carbocycles. The fraction of sp³-hybridized carbons (Fsp3) is 0. The van der Waals surface area contributed by atoms with Gasteiger partial charge < -0.3 is 9.84 Å². The van der Waals surface area contributed by atoms with Crippen LogP contribution in [0.1, 0.15) is 0 Å². The van der Waals surface area contributed by atoms with Gasteiger partial charge in [0.1, 0.15) is 5.75 Å². The van der Waals surface area contributed by atoms with Crippen molar-refractivity contribution in [3.8, 4) is 11.5 Å². The molecule has 0 spiro atoms. The van der Waals surface area contributed by atoms with E-state index in [-0.39, 0.29) is 5.76 Å². The standard InChI is InChI=1S/2C9H8O3/c1-7(9(10)11)12-8-5-3-2-4-6-8;1-2-9(10)12-11-8-6-4-3-5-7-8/h2-6H,1H2,(H,10,11);2-7H,1H2. The van der Waals surface area contributed by atoms with Crippen LogP contribution in [0.3, 0.4) is 0 Å². The molecule has 6 heteroatoms. The second-order valence-corrected chi connectivity index (χ2v) is 4.15. The van der Waals surface area contributed by atoms with Gasteiger partial charge >= 0.3 is 11.9 Å². The van der Waals surface area contributed by atoms with Crippen molar-refractivity contribution in [2.24, 2.45) is 0 Å². The van der Waals surface area contributed by atoms with Crippen LogP contribution in [-0.4, -0.2) is 17.0 Å². The number of aliphatic carboxylic acids is 1. The number of hydrogen-bond donors (Lipinski definition) is 1. The first-order valence-corrected chi connectivity index (χ1v) is 6.74. The monoisotopic (exact) mass is 328 g/mol. The highest BCUT2D eigenvalue weighted by molar-refractivity contribution is 5.84. The highest BCUT2D eigenvalue weighted by Crippen LogP contribution is 2.11. The average Bonchev–Trinajstić information content (AvgIpc) is 2.62. The van der Waals surface area contributed by atoms with E-state index in [0.29, 0.717) is 11.5 Å². The molecule has 0 saturated heterocycles. The third-order valence-corrected chi connectivity index (χ3v) is 2.35. The number of hydrogen-bond acceptors (Lipinski definition) is 5. The Balaban J connectivity index is 0.000000240. The Labute approximate surface area is 139 Å². The second kappa shape index (κ2) is 10.2. The predicted octanol–water partition coefficient (Wildman–Crippen LogP) is 3.37. The number of rotatable bonds is 6. The predicted molar refractivity (Wildman–Crippen MR) is 87.2 cm³/mol. The smallest absolute Gasteiger partial charge is 0.378 e. The zero-order chi connectivity index (χ0) is 17.8. The molecule has 0 unspecified atom stereocenters. The molecule has 0 aliphatic heterocycles. The maximum atomic E-state index is 10.5. The van der Waals surface area contributed by atoms with Crippen molar-refractivity contribution in [2.75, 3.05) is 0 Å². The van der Waals surface area contributed by atoms with Crippen LogP contribution in [0.15, 0.2) is 85.7 Å². The summed E-state index contributed by atoms with van der Waals surface area (Å²) in [5.74, 6) is -1.09. The highest BCUT2D eigenvalue weighted by Gasteiger charge is 2.04. The lowest BCUT2D eigenvalue weighted by molar-refractivity contribution is -0.207. The molecule has 0 radical (unpaired) electrons. The van der Waals surface area contributed by atoms with E-state index in [0.717, 1.165) is 6.08 Å².